The van der Waals surface area contributed by atoms with Gasteiger partial charge in [-0.3, -0.25) is 9.52 Å². The standard InChI is InChI=1S/C31H39N3O7S2/c1-21-6-11-27(12-7-21)42(37,38)32-26-10-15-29-25(16-26)17-31(36)34(24(4)20-35)18-23(3)30(41-29)19-33(5)43(39,40)28-13-8-22(2)9-14-28/h6-16,23-24,30,32,35H,17-20H2,1-5H3/t23-,24-,30+/m0/s1. The first kappa shape index (κ1) is 32.5. The van der Waals surface area contributed by atoms with Crippen LogP contribution in [0.2, 0.25) is 0 Å². The van der Waals surface area contributed by atoms with Gasteiger partial charge in [0.05, 0.1) is 35.4 Å². The number of likely N-dealkylation sites (N-methyl/N-ethyl adjacent to an activating group) is 1. The van der Waals surface area contributed by atoms with Gasteiger partial charge in [-0.1, -0.05) is 42.3 Å². The summed E-state index contributed by atoms with van der Waals surface area (Å²) < 4.78 is 63.1. The molecule has 0 bridgehead atoms. The molecule has 0 aromatic heterocycles. The average molecular weight is 630 g/mol. The summed E-state index contributed by atoms with van der Waals surface area (Å²) in [6.07, 6.45) is -0.769. The third kappa shape index (κ3) is 7.56. The van der Waals surface area contributed by atoms with Crippen molar-refractivity contribution < 1.29 is 31.5 Å². The third-order valence-corrected chi connectivity index (χ3v) is 10.9. The molecule has 0 spiro atoms. The van der Waals surface area contributed by atoms with Crippen LogP contribution in [0.15, 0.2) is 76.5 Å². The summed E-state index contributed by atoms with van der Waals surface area (Å²) >= 11 is 0. The van der Waals surface area contributed by atoms with E-state index in [0.29, 0.717) is 11.3 Å². The number of aryl methyl sites for hydroxylation is 2. The fourth-order valence-corrected chi connectivity index (χ4v) is 7.12. The van der Waals surface area contributed by atoms with E-state index in [-0.39, 0.29) is 53.4 Å². The second-order valence-corrected chi connectivity index (χ2v) is 15.0. The first-order chi connectivity index (χ1) is 20.2. The second-order valence-electron chi connectivity index (χ2n) is 11.2. The Morgan fingerprint density at radius 3 is 2.14 bits per heavy atom. The van der Waals surface area contributed by atoms with Crippen LogP contribution in [0.5, 0.6) is 5.75 Å². The minimum atomic E-state index is -3.90. The zero-order valence-corrected chi connectivity index (χ0v) is 26.7. The van der Waals surface area contributed by atoms with Crippen LogP contribution in [-0.4, -0.2) is 75.9 Å². The molecule has 10 nitrogen and oxygen atoms in total. The first-order valence-electron chi connectivity index (χ1n) is 14.0. The van der Waals surface area contributed by atoms with Gasteiger partial charge in [-0.05, 0) is 63.2 Å². The van der Waals surface area contributed by atoms with Gasteiger partial charge in [-0.2, -0.15) is 4.31 Å². The number of anilines is 1. The normalized spacial score (nSPS) is 18.7. The number of nitrogens with zero attached hydrogens (tertiary/aromatic N) is 2. The van der Waals surface area contributed by atoms with E-state index in [1.54, 1.807) is 66.4 Å². The number of fused-ring (bicyclic) bond motifs is 1. The maximum Gasteiger partial charge on any atom is 0.261 e. The Labute approximate surface area is 254 Å². The van der Waals surface area contributed by atoms with Gasteiger partial charge in [0, 0.05) is 30.8 Å². The van der Waals surface area contributed by atoms with Crippen molar-refractivity contribution in [1.29, 1.82) is 0 Å². The van der Waals surface area contributed by atoms with Crippen molar-refractivity contribution in [3.05, 3.63) is 83.4 Å². The lowest BCUT2D eigenvalue weighted by Gasteiger charge is -2.33. The molecule has 0 saturated carbocycles. The summed E-state index contributed by atoms with van der Waals surface area (Å²) in [7, 11) is -6.24. The van der Waals surface area contributed by atoms with E-state index < -0.39 is 32.2 Å². The van der Waals surface area contributed by atoms with Crippen molar-refractivity contribution >= 4 is 31.6 Å². The Hall–Kier alpha value is -3.45. The van der Waals surface area contributed by atoms with E-state index in [1.807, 2.05) is 20.8 Å². The molecule has 1 amide bonds. The Morgan fingerprint density at radius 2 is 1.56 bits per heavy atom. The lowest BCUT2D eigenvalue weighted by Crippen LogP contribution is -2.48. The topological polar surface area (TPSA) is 133 Å². The van der Waals surface area contributed by atoms with Gasteiger partial charge in [0.25, 0.3) is 10.0 Å². The van der Waals surface area contributed by atoms with Gasteiger partial charge in [0.15, 0.2) is 0 Å². The lowest BCUT2D eigenvalue weighted by molar-refractivity contribution is -0.134. The zero-order valence-electron chi connectivity index (χ0n) is 25.0. The van der Waals surface area contributed by atoms with E-state index in [1.165, 1.54) is 23.5 Å². The van der Waals surface area contributed by atoms with E-state index >= 15 is 0 Å². The van der Waals surface area contributed by atoms with Crippen LogP contribution >= 0.6 is 0 Å². The largest absolute Gasteiger partial charge is 0.488 e. The molecule has 0 fully saturated rings. The molecule has 2 N–H and O–H groups in total. The smallest absolute Gasteiger partial charge is 0.261 e. The first-order valence-corrected chi connectivity index (χ1v) is 17.0. The zero-order chi connectivity index (χ0) is 31.5. The molecule has 3 aromatic carbocycles. The highest BCUT2D eigenvalue weighted by Crippen LogP contribution is 2.30. The number of amides is 1. The minimum Gasteiger partial charge on any atom is -0.488 e. The minimum absolute atomic E-state index is 0.00580. The summed E-state index contributed by atoms with van der Waals surface area (Å²) in [5, 5.41) is 9.89. The molecule has 0 saturated heterocycles. The molecule has 1 aliphatic heterocycles. The number of carbonyl (C=O) groups excluding carboxylic acids is 1. The SMILES string of the molecule is Cc1ccc(S(=O)(=O)Nc2ccc3c(c2)CC(=O)N([C@@H](C)CO)C[C@H](C)[C@@H](CN(C)S(=O)(=O)c2ccc(C)cc2)O3)cc1. The third-order valence-electron chi connectivity index (χ3n) is 7.67. The number of rotatable bonds is 9. The Bertz CT molecular complexity index is 1660. The van der Waals surface area contributed by atoms with Crippen LogP contribution in [0, 0.1) is 19.8 Å². The molecule has 0 radical (unpaired) electrons. The maximum atomic E-state index is 13.5. The van der Waals surface area contributed by atoms with Crippen LogP contribution in [0.25, 0.3) is 0 Å². The van der Waals surface area contributed by atoms with Crippen LogP contribution in [-0.2, 0) is 31.3 Å². The number of hydrogen-bond donors (Lipinski definition) is 2. The number of aliphatic hydroxyl groups is 1. The van der Waals surface area contributed by atoms with E-state index in [4.69, 9.17) is 4.74 Å². The van der Waals surface area contributed by atoms with Crippen LogP contribution < -0.4 is 9.46 Å². The van der Waals surface area contributed by atoms with Gasteiger partial charge in [0.2, 0.25) is 15.9 Å². The van der Waals surface area contributed by atoms with E-state index in [0.717, 1.165) is 11.1 Å². The Morgan fingerprint density at radius 1 is 0.977 bits per heavy atom. The summed E-state index contributed by atoms with van der Waals surface area (Å²) in [6, 6.07) is 17.3. The second kappa shape index (κ2) is 13.0. The molecule has 1 aliphatic rings. The molecule has 0 aliphatic carbocycles. The van der Waals surface area contributed by atoms with E-state index in [9.17, 15) is 26.7 Å². The monoisotopic (exact) mass is 629 g/mol. The quantitative estimate of drug-likeness (QED) is 0.370. The summed E-state index contributed by atoms with van der Waals surface area (Å²) in [5.74, 6) is -0.236. The predicted molar refractivity (Wildman–Crippen MR) is 165 cm³/mol. The van der Waals surface area contributed by atoms with Crippen LogP contribution in [0.3, 0.4) is 0 Å². The number of nitrogens with one attached hydrogen (secondary N) is 1. The summed E-state index contributed by atoms with van der Waals surface area (Å²) in [6.45, 7) is 7.32. The number of ether oxygens (including phenoxy) is 1. The number of hydrogen-bond acceptors (Lipinski definition) is 7. The molecule has 232 valence electrons. The summed E-state index contributed by atoms with van der Waals surface area (Å²) in [4.78, 5) is 15.3. The van der Waals surface area contributed by atoms with Crippen LogP contribution in [0.1, 0.15) is 30.5 Å². The molecule has 3 aromatic rings. The lowest BCUT2D eigenvalue weighted by atomic mass is 10.0. The highest BCUT2D eigenvalue weighted by Gasteiger charge is 2.33. The predicted octanol–water partition coefficient (Wildman–Crippen LogP) is 3.57. The molecule has 12 heteroatoms. The number of carbonyl (C=O) groups is 1. The van der Waals surface area contributed by atoms with Crippen molar-refractivity contribution in [2.24, 2.45) is 5.92 Å². The fraction of sp³-hybridized carbons (Fsp3) is 0.387. The maximum absolute atomic E-state index is 13.5. The van der Waals surface area contributed by atoms with Crippen molar-refractivity contribution in [3.8, 4) is 5.75 Å². The fourth-order valence-electron chi connectivity index (χ4n) is 4.88. The van der Waals surface area contributed by atoms with Gasteiger partial charge >= 0.3 is 0 Å². The molecule has 43 heavy (non-hydrogen) atoms. The van der Waals surface area contributed by atoms with Gasteiger partial charge in [0.1, 0.15) is 11.9 Å². The summed E-state index contributed by atoms with van der Waals surface area (Å²) in [5.41, 5.74) is 2.55. The molecule has 1 heterocycles. The number of sulfonamides is 2. The molecular weight excluding hydrogens is 590 g/mol. The van der Waals surface area contributed by atoms with Crippen molar-refractivity contribution in [1.82, 2.24) is 9.21 Å². The van der Waals surface area contributed by atoms with Gasteiger partial charge in [-0.15, -0.1) is 0 Å². The highest BCUT2D eigenvalue weighted by molar-refractivity contribution is 7.92. The van der Waals surface area contributed by atoms with Crippen molar-refractivity contribution in [2.75, 3.05) is 31.5 Å². The Balaban J connectivity index is 1.68. The van der Waals surface area contributed by atoms with Gasteiger partial charge < -0.3 is 14.7 Å². The molecule has 3 atom stereocenters. The highest BCUT2D eigenvalue weighted by atomic mass is 32.2. The van der Waals surface area contributed by atoms with Crippen molar-refractivity contribution in [2.45, 2.75) is 56.1 Å². The Kier molecular flexibility index (Phi) is 9.85. The van der Waals surface area contributed by atoms with Gasteiger partial charge in [-0.25, -0.2) is 16.8 Å². The number of benzene rings is 3. The number of aliphatic hydroxyl groups excluding tert-OH is 1. The van der Waals surface area contributed by atoms with Crippen LogP contribution in [0.4, 0.5) is 5.69 Å². The van der Waals surface area contributed by atoms with Crippen molar-refractivity contribution in [3.63, 3.8) is 0 Å². The molecular formula is C31H39N3O7S2. The molecule has 4 rings (SSSR count). The average Bonchev–Trinajstić information content (AvgIpc) is 3.00. The molecule has 0 unspecified atom stereocenters. The van der Waals surface area contributed by atoms with E-state index in [2.05, 4.69) is 4.72 Å².